The Morgan fingerprint density at radius 3 is 2.32 bits per heavy atom. The predicted molar refractivity (Wildman–Crippen MR) is 80.1 cm³/mol. The first kappa shape index (κ1) is 16.3. The number of thioether (sulfide) groups is 1. The third-order valence-corrected chi connectivity index (χ3v) is 3.75. The first-order chi connectivity index (χ1) is 8.63. The van der Waals surface area contributed by atoms with Gasteiger partial charge in [-0.05, 0) is 48.0 Å². The van der Waals surface area contributed by atoms with Crippen molar-refractivity contribution in [3.63, 3.8) is 0 Å². The Hall–Kier alpha value is -0.730. The third-order valence-electron chi connectivity index (χ3n) is 2.10. The first-order valence-electron chi connectivity index (χ1n) is 5.68. The van der Waals surface area contributed by atoms with Gasteiger partial charge >= 0.3 is 6.18 Å². The number of benzene rings is 1. The number of rotatable bonds is 2. The second-order valence-corrected chi connectivity index (χ2v) is 9.89. The van der Waals surface area contributed by atoms with E-state index in [4.69, 9.17) is 0 Å². The van der Waals surface area contributed by atoms with Gasteiger partial charge in [-0.1, -0.05) is 12.8 Å². The minimum atomic E-state index is -4.30. The summed E-state index contributed by atoms with van der Waals surface area (Å²) in [5.41, 5.74) is 0.0689. The van der Waals surface area contributed by atoms with Crippen LogP contribution in [-0.4, -0.2) is 24.5 Å². The van der Waals surface area contributed by atoms with E-state index < -0.39 is 21.8 Å². The summed E-state index contributed by atoms with van der Waals surface area (Å²) in [7, 11) is -0.985. The zero-order valence-electron chi connectivity index (χ0n) is 11.4. The summed E-state index contributed by atoms with van der Waals surface area (Å²) in [6, 6.07) is 3.76. The number of alkyl halides is 3. The molecule has 0 bridgehead atoms. The van der Waals surface area contributed by atoms with Crippen molar-refractivity contribution in [2.75, 3.05) is 24.5 Å². The Bertz CT molecular complexity index is 502. The molecule has 0 unspecified atom stereocenters. The molecular formula is C14H17F3S2. The third kappa shape index (κ3) is 5.42. The lowest BCUT2D eigenvalue weighted by Gasteiger charge is -2.15. The second-order valence-electron chi connectivity index (χ2n) is 4.71. The maximum atomic E-state index is 12.7. The van der Waals surface area contributed by atoms with Gasteiger partial charge < -0.3 is 0 Å². The monoisotopic (exact) mass is 306 g/mol. The minimum absolute atomic E-state index is 0.605. The largest absolute Gasteiger partial charge is 0.416 e. The van der Waals surface area contributed by atoms with Crippen LogP contribution in [0.15, 0.2) is 23.1 Å². The van der Waals surface area contributed by atoms with Gasteiger partial charge in [0.1, 0.15) is 0 Å². The number of hydrogen-bond donors (Lipinski definition) is 0. The predicted octanol–water partition coefficient (Wildman–Crippen LogP) is 4.82. The molecule has 0 heterocycles. The van der Waals surface area contributed by atoms with Crippen LogP contribution in [-0.2, 0) is 6.18 Å². The first-order valence-corrected chi connectivity index (χ1v) is 9.53. The minimum Gasteiger partial charge on any atom is -0.186 e. The van der Waals surface area contributed by atoms with E-state index in [1.165, 1.54) is 23.9 Å². The van der Waals surface area contributed by atoms with Gasteiger partial charge in [-0.15, -0.1) is 11.8 Å². The highest BCUT2D eigenvalue weighted by Gasteiger charge is 2.30. The fourth-order valence-corrected chi connectivity index (χ4v) is 2.50. The highest BCUT2D eigenvalue weighted by Crippen LogP contribution is 2.35. The van der Waals surface area contributed by atoms with E-state index in [9.17, 15) is 13.2 Å². The van der Waals surface area contributed by atoms with E-state index in [1.807, 2.05) is 6.92 Å². The standard InChI is InChI=1S/C14H17F3S2/c1-5-18-13-10-12(14(15,16)17)7-6-11(13)8-9-19(2,3)4/h6-7,10H,5H2,1-4H3. The smallest absolute Gasteiger partial charge is 0.186 e. The summed E-state index contributed by atoms with van der Waals surface area (Å²) in [4.78, 5) is 0.605. The molecule has 0 spiro atoms. The summed E-state index contributed by atoms with van der Waals surface area (Å²) in [5.74, 6) is 3.74. The van der Waals surface area contributed by atoms with Crippen LogP contribution in [0.25, 0.3) is 0 Å². The Balaban J connectivity index is 3.22. The lowest BCUT2D eigenvalue weighted by atomic mass is 10.1. The van der Waals surface area contributed by atoms with Gasteiger partial charge in [0.2, 0.25) is 0 Å². The summed E-state index contributed by atoms with van der Waals surface area (Å²) < 4.78 is 38.0. The van der Waals surface area contributed by atoms with Gasteiger partial charge in [-0.25, -0.2) is 0 Å². The highest BCUT2D eigenvalue weighted by molar-refractivity contribution is 8.35. The fourth-order valence-electron chi connectivity index (χ4n) is 1.28. The highest BCUT2D eigenvalue weighted by atomic mass is 32.3. The summed E-state index contributed by atoms with van der Waals surface area (Å²) in [6.07, 6.45) is 1.86. The summed E-state index contributed by atoms with van der Waals surface area (Å²) in [6.45, 7) is 1.91. The molecule has 1 aromatic rings. The van der Waals surface area contributed by atoms with Crippen molar-refractivity contribution in [1.29, 1.82) is 0 Å². The molecular weight excluding hydrogens is 289 g/mol. The molecule has 0 fully saturated rings. The van der Waals surface area contributed by atoms with Gasteiger partial charge in [-0.2, -0.15) is 23.2 Å². The molecule has 0 amide bonds. The van der Waals surface area contributed by atoms with Gasteiger partial charge in [0, 0.05) is 10.5 Å². The molecule has 0 saturated heterocycles. The summed E-state index contributed by atoms with van der Waals surface area (Å²) >= 11 is 1.39. The lowest BCUT2D eigenvalue weighted by Crippen LogP contribution is -2.05. The average Bonchev–Trinajstić information content (AvgIpc) is 2.25. The van der Waals surface area contributed by atoms with Crippen LogP contribution in [0, 0.1) is 11.2 Å². The van der Waals surface area contributed by atoms with Gasteiger partial charge in [-0.3, -0.25) is 0 Å². The van der Waals surface area contributed by atoms with E-state index in [-0.39, 0.29) is 0 Å². The molecule has 0 atom stereocenters. The Labute approximate surface area is 118 Å². The Morgan fingerprint density at radius 1 is 1.21 bits per heavy atom. The van der Waals surface area contributed by atoms with Crippen molar-refractivity contribution >= 4 is 21.8 Å². The molecule has 106 valence electrons. The van der Waals surface area contributed by atoms with E-state index in [0.717, 1.165) is 11.8 Å². The van der Waals surface area contributed by atoms with Crippen LogP contribution in [0.4, 0.5) is 13.2 Å². The van der Waals surface area contributed by atoms with Crippen LogP contribution in [0.2, 0.25) is 0 Å². The van der Waals surface area contributed by atoms with Gasteiger partial charge in [0.05, 0.1) is 5.56 Å². The Morgan fingerprint density at radius 2 is 1.84 bits per heavy atom. The quantitative estimate of drug-likeness (QED) is 0.557. The van der Waals surface area contributed by atoms with Crippen LogP contribution >= 0.6 is 21.8 Å². The SMILES string of the molecule is CCSc1cc(C(F)(F)F)ccc1C#CS(C)(C)C. The van der Waals surface area contributed by atoms with Crippen molar-refractivity contribution in [3.05, 3.63) is 29.3 Å². The van der Waals surface area contributed by atoms with Crippen molar-refractivity contribution in [3.8, 4) is 11.2 Å². The van der Waals surface area contributed by atoms with Crippen molar-refractivity contribution in [2.24, 2.45) is 0 Å². The van der Waals surface area contributed by atoms with E-state index >= 15 is 0 Å². The molecule has 1 rings (SSSR count). The molecule has 0 radical (unpaired) electrons. The van der Waals surface area contributed by atoms with E-state index in [1.54, 1.807) is 0 Å². The second kappa shape index (κ2) is 6.15. The maximum Gasteiger partial charge on any atom is 0.416 e. The topological polar surface area (TPSA) is 0 Å². The average molecular weight is 306 g/mol. The molecule has 1 aromatic carbocycles. The zero-order chi connectivity index (χ0) is 14.7. The molecule has 0 saturated carbocycles. The van der Waals surface area contributed by atoms with Crippen molar-refractivity contribution in [2.45, 2.75) is 18.0 Å². The maximum absolute atomic E-state index is 12.7. The number of hydrogen-bond acceptors (Lipinski definition) is 1. The number of halogens is 3. The molecule has 19 heavy (non-hydrogen) atoms. The molecule has 0 N–H and O–H groups in total. The van der Waals surface area contributed by atoms with E-state index in [0.29, 0.717) is 10.5 Å². The van der Waals surface area contributed by atoms with Crippen molar-refractivity contribution < 1.29 is 13.2 Å². The van der Waals surface area contributed by atoms with Crippen LogP contribution in [0.5, 0.6) is 0 Å². The summed E-state index contributed by atoms with van der Waals surface area (Å²) in [5, 5.41) is 3.13. The Kier molecular flexibility index (Phi) is 5.28. The molecule has 0 aromatic heterocycles. The zero-order valence-corrected chi connectivity index (χ0v) is 13.0. The van der Waals surface area contributed by atoms with Gasteiger partial charge in [0.15, 0.2) is 0 Å². The van der Waals surface area contributed by atoms with E-state index in [2.05, 4.69) is 29.9 Å². The van der Waals surface area contributed by atoms with Crippen LogP contribution in [0.3, 0.4) is 0 Å². The van der Waals surface area contributed by atoms with Crippen LogP contribution < -0.4 is 0 Å². The fraction of sp³-hybridized carbons (Fsp3) is 0.429. The van der Waals surface area contributed by atoms with Crippen LogP contribution in [0.1, 0.15) is 18.1 Å². The molecule has 0 aliphatic carbocycles. The molecule has 5 heteroatoms. The molecule has 0 aliphatic rings. The molecule has 0 nitrogen and oxygen atoms in total. The lowest BCUT2D eigenvalue weighted by molar-refractivity contribution is -0.137. The van der Waals surface area contributed by atoms with Gasteiger partial charge in [0.25, 0.3) is 0 Å². The molecule has 0 aliphatic heterocycles. The normalized spacial score (nSPS) is 12.8. The van der Waals surface area contributed by atoms with Crippen molar-refractivity contribution in [1.82, 2.24) is 0 Å².